The second kappa shape index (κ2) is 10.4. The average molecular weight is 472 g/mol. The lowest BCUT2D eigenvalue weighted by atomic mass is 9.96. The SMILES string of the molecule is CN1CCN(Cc2ccc(C(=O)NN(CC(C)(C)C)c3cccc4nc(C#N)ncc34)cc2)CC1. The first-order valence-electron chi connectivity index (χ1n) is 12.0. The number of fused-ring (bicyclic) bond motifs is 1. The van der Waals surface area contributed by atoms with Crippen molar-refractivity contribution in [1.82, 2.24) is 25.2 Å². The summed E-state index contributed by atoms with van der Waals surface area (Å²) in [6.07, 6.45) is 1.64. The highest BCUT2D eigenvalue weighted by molar-refractivity contribution is 5.97. The molecule has 0 spiro atoms. The van der Waals surface area contributed by atoms with Crippen LogP contribution in [0.5, 0.6) is 0 Å². The molecule has 8 nitrogen and oxygen atoms in total. The molecule has 1 aliphatic rings. The number of benzene rings is 2. The van der Waals surface area contributed by atoms with Crippen LogP contribution in [-0.4, -0.2) is 65.4 Å². The maximum absolute atomic E-state index is 13.2. The van der Waals surface area contributed by atoms with E-state index in [2.05, 4.69) is 53.0 Å². The standard InChI is InChI=1S/C27H33N7O/c1-27(2,3)19-34(24-7-5-6-23-22(24)17-29-25(16-28)30-23)31-26(35)21-10-8-20(9-11-21)18-33-14-12-32(4)13-15-33/h5-11,17H,12-15,18-19H2,1-4H3,(H,31,35). The smallest absolute Gasteiger partial charge is 0.269 e. The van der Waals surface area contributed by atoms with E-state index in [-0.39, 0.29) is 17.1 Å². The Balaban J connectivity index is 1.53. The van der Waals surface area contributed by atoms with Crippen molar-refractivity contribution in [3.8, 4) is 6.07 Å². The summed E-state index contributed by atoms with van der Waals surface area (Å²) in [6.45, 7) is 12.1. The maximum Gasteiger partial charge on any atom is 0.269 e. The number of nitrogens with zero attached hydrogens (tertiary/aromatic N) is 6. The Hall–Kier alpha value is -3.54. The Kier molecular flexibility index (Phi) is 7.29. The zero-order valence-corrected chi connectivity index (χ0v) is 21.0. The van der Waals surface area contributed by atoms with Crippen molar-refractivity contribution in [2.75, 3.05) is 44.8 Å². The monoisotopic (exact) mass is 471 g/mol. The second-order valence-electron chi connectivity index (χ2n) is 10.4. The summed E-state index contributed by atoms with van der Waals surface area (Å²) in [7, 11) is 2.16. The highest BCUT2D eigenvalue weighted by Gasteiger charge is 2.22. The first-order chi connectivity index (χ1) is 16.7. The number of anilines is 1. The van der Waals surface area contributed by atoms with Gasteiger partial charge in [0, 0.05) is 56.4 Å². The Morgan fingerprint density at radius 1 is 1.11 bits per heavy atom. The van der Waals surface area contributed by atoms with Gasteiger partial charge in [-0.1, -0.05) is 39.0 Å². The van der Waals surface area contributed by atoms with E-state index in [4.69, 9.17) is 5.26 Å². The molecule has 35 heavy (non-hydrogen) atoms. The van der Waals surface area contributed by atoms with E-state index in [1.807, 2.05) is 53.5 Å². The number of piperazine rings is 1. The molecule has 0 atom stereocenters. The Morgan fingerprint density at radius 2 is 1.83 bits per heavy atom. The van der Waals surface area contributed by atoms with Crippen molar-refractivity contribution < 1.29 is 4.79 Å². The molecule has 0 radical (unpaired) electrons. The molecule has 1 aliphatic heterocycles. The maximum atomic E-state index is 13.2. The Bertz CT molecular complexity index is 1220. The molecular weight excluding hydrogens is 438 g/mol. The molecule has 0 aliphatic carbocycles. The zero-order valence-electron chi connectivity index (χ0n) is 21.0. The van der Waals surface area contributed by atoms with E-state index in [1.54, 1.807) is 6.20 Å². The largest absolute Gasteiger partial charge is 0.304 e. The van der Waals surface area contributed by atoms with Crippen LogP contribution in [0.25, 0.3) is 10.9 Å². The van der Waals surface area contributed by atoms with Crippen LogP contribution in [-0.2, 0) is 6.54 Å². The molecule has 4 rings (SSSR count). The Labute approximate surface area is 207 Å². The number of hydrogen-bond acceptors (Lipinski definition) is 7. The lowest BCUT2D eigenvalue weighted by Gasteiger charge is -2.33. The normalized spacial score (nSPS) is 15.1. The lowest BCUT2D eigenvalue weighted by Crippen LogP contribution is -2.46. The molecule has 182 valence electrons. The molecule has 2 heterocycles. The fourth-order valence-corrected chi connectivity index (χ4v) is 4.20. The van der Waals surface area contributed by atoms with Crippen LogP contribution in [0.15, 0.2) is 48.7 Å². The molecule has 0 bridgehead atoms. The number of hydrazine groups is 1. The van der Waals surface area contributed by atoms with Crippen LogP contribution in [0.1, 0.15) is 42.5 Å². The minimum atomic E-state index is -0.174. The van der Waals surface area contributed by atoms with Crippen LogP contribution in [0.4, 0.5) is 5.69 Å². The van der Waals surface area contributed by atoms with E-state index in [1.165, 1.54) is 5.56 Å². The third kappa shape index (κ3) is 6.32. The van der Waals surface area contributed by atoms with Gasteiger partial charge < -0.3 is 4.90 Å². The van der Waals surface area contributed by atoms with Gasteiger partial charge in [0.2, 0.25) is 5.82 Å². The van der Waals surface area contributed by atoms with Gasteiger partial charge in [0.25, 0.3) is 5.91 Å². The first-order valence-corrected chi connectivity index (χ1v) is 12.0. The minimum absolute atomic E-state index is 0.0880. The number of aromatic nitrogens is 2. The number of rotatable bonds is 6. The van der Waals surface area contributed by atoms with Crippen molar-refractivity contribution in [3.05, 3.63) is 65.6 Å². The number of carbonyl (C=O) groups excluding carboxylic acids is 1. The van der Waals surface area contributed by atoms with Crippen LogP contribution < -0.4 is 10.4 Å². The van der Waals surface area contributed by atoms with Gasteiger partial charge in [-0.05, 0) is 42.3 Å². The summed E-state index contributed by atoms with van der Waals surface area (Å²) in [6, 6.07) is 15.5. The van der Waals surface area contributed by atoms with E-state index in [0.29, 0.717) is 17.6 Å². The summed E-state index contributed by atoms with van der Waals surface area (Å²) in [5, 5.41) is 11.8. The number of nitrogens with one attached hydrogen (secondary N) is 1. The number of amides is 1. The number of hydrogen-bond donors (Lipinski definition) is 1. The minimum Gasteiger partial charge on any atom is -0.304 e. The average Bonchev–Trinajstić information content (AvgIpc) is 2.84. The van der Waals surface area contributed by atoms with Gasteiger partial charge in [0.1, 0.15) is 6.07 Å². The predicted octanol–water partition coefficient (Wildman–Crippen LogP) is 3.45. The molecule has 2 aromatic carbocycles. The predicted molar refractivity (Wildman–Crippen MR) is 138 cm³/mol. The molecule has 1 amide bonds. The van der Waals surface area contributed by atoms with E-state index < -0.39 is 0 Å². The van der Waals surface area contributed by atoms with Crippen molar-refractivity contribution in [2.45, 2.75) is 27.3 Å². The quantitative estimate of drug-likeness (QED) is 0.551. The summed E-state index contributed by atoms with van der Waals surface area (Å²) in [5.74, 6) is -0.0512. The summed E-state index contributed by atoms with van der Waals surface area (Å²) in [5.41, 5.74) is 6.27. The molecule has 1 fully saturated rings. The third-order valence-corrected chi connectivity index (χ3v) is 6.08. The summed E-state index contributed by atoms with van der Waals surface area (Å²) < 4.78 is 0. The van der Waals surface area contributed by atoms with Gasteiger partial charge in [-0.3, -0.25) is 20.1 Å². The van der Waals surface area contributed by atoms with Crippen molar-refractivity contribution in [2.24, 2.45) is 5.41 Å². The molecule has 8 heteroatoms. The zero-order chi connectivity index (χ0) is 25.0. The fraction of sp³-hybridized carbons (Fsp3) is 0.407. The van der Waals surface area contributed by atoms with Gasteiger partial charge >= 0.3 is 0 Å². The van der Waals surface area contributed by atoms with E-state index >= 15 is 0 Å². The first kappa shape index (κ1) is 24.6. The third-order valence-electron chi connectivity index (χ3n) is 6.08. The van der Waals surface area contributed by atoms with Gasteiger partial charge in [-0.2, -0.15) is 5.26 Å². The lowest BCUT2D eigenvalue weighted by molar-refractivity contribution is 0.0945. The summed E-state index contributed by atoms with van der Waals surface area (Å²) >= 11 is 0. The molecule has 1 saturated heterocycles. The van der Waals surface area contributed by atoms with Crippen LogP contribution >= 0.6 is 0 Å². The summed E-state index contributed by atoms with van der Waals surface area (Å²) in [4.78, 5) is 26.5. The molecular formula is C27H33N7O. The van der Waals surface area contributed by atoms with Gasteiger partial charge in [-0.25, -0.2) is 9.97 Å². The van der Waals surface area contributed by atoms with E-state index in [9.17, 15) is 4.79 Å². The second-order valence-corrected chi connectivity index (χ2v) is 10.4. The number of nitriles is 1. The van der Waals surface area contributed by atoms with Crippen molar-refractivity contribution >= 4 is 22.5 Å². The molecule has 0 saturated carbocycles. The molecule has 1 aromatic heterocycles. The molecule has 1 N–H and O–H groups in total. The highest BCUT2D eigenvalue weighted by Crippen LogP contribution is 2.27. The highest BCUT2D eigenvalue weighted by atomic mass is 16.2. The van der Waals surface area contributed by atoms with Crippen LogP contribution in [0.2, 0.25) is 0 Å². The molecule has 0 unspecified atom stereocenters. The van der Waals surface area contributed by atoms with Crippen molar-refractivity contribution in [3.63, 3.8) is 0 Å². The van der Waals surface area contributed by atoms with Gasteiger partial charge in [-0.15, -0.1) is 0 Å². The molecule has 3 aromatic rings. The van der Waals surface area contributed by atoms with Crippen LogP contribution in [0.3, 0.4) is 0 Å². The fourth-order valence-electron chi connectivity index (χ4n) is 4.20. The topological polar surface area (TPSA) is 88.4 Å². The number of likely N-dealkylation sites (N-methyl/N-ethyl adjacent to an activating group) is 1. The van der Waals surface area contributed by atoms with Crippen molar-refractivity contribution in [1.29, 1.82) is 5.26 Å². The van der Waals surface area contributed by atoms with Crippen LogP contribution in [0, 0.1) is 16.7 Å². The number of carbonyl (C=O) groups is 1. The Morgan fingerprint density at radius 3 is 2.49 bits per heavy atom. The van der Waals surface area contributed by atoms with Gasteiger partial charge in [0.15, 0.2) is 0 Å². The van der Waals surface area contributed by atoms with Gasteiger partial charge in [0.05, 0.1) is 11.2 Å². The van der Waals surface area contributed by atoms with E-state index in [0.717, 1.165) is 43.8 Å².